The molecular formula is C10H18. The molecule has 0 radical (unpaired) electrons. The summed E-state index contributed by atoms with van der Waals surface area (Å²) in [6.45, 7) is 7.37. The summed E-state index contributed by atoms with van der Waals surface area (Å²) in [5, 5.41) is 0. The van der Waals surface area contributed by atoms with Gasteiger partial charge >= 0.3 is 0 Å². The fraction of sp³-hybridized carbons (Fsp3) is 1.00. The summed E-state index contributed by atoms with van der Waals surface area (Å²) in [5.41, 5.74) is 0.670. The lowest BCUT2D eigenvalue weighted by molar-refractivity contribution is 0.137. The van der Waals surface area contributed by atoms with E-state index in [1.54, 1.807) is 0 Å². The first-order chi connectivity index (χ1) is 4.62. The molecule has 0 amide bonds. The Balaban J connectivity index is 2.25. The third kappa shape index (κ3) is 0.627. The van der Waals surface area contributed by atoms with Crippen molar-refractivity contribution in [2.24, 2.45) is 23.2 Å². The van der Waals surface area contributed by atoms with Crippen molar-refractivity contribution in [2.75, 3.05) is 0 Å². The van der Waals surface area contributed by atoms with Crippen LogP contribution in [0.25, 0.3) is 0 Å². The molecule has 0 aliphatic heterocycles. The SMILES string of the molecule is C[C@H]1[C@@H]2CC[C@H](C2)C1(C)C. The van der Waals surface area contributed by atoms with Crippen molar-refractivity contribution in [1.82, 2.24) is 0 Å². The van der Waals surface area contributed by atoms with Crippen LogP contribution in [0.1, 0.15) is 40.0 Å². The van der Waals surface area contributed by atoms with Crippen LogP contribution in [0.2, 0.25) is 0 Å². The molecule has 2 aliphatic rings. The first-order valence-corrected chi connectivity index (χ1v) is 4.62. The van der Waals surface area contributed by atoms with E-state index in [1.165, 1.54) is 19.3 Å². The Kier molecular flexibility index (Phi) is 1.19. The van der Waals surface area contributed by atoms with Gasteiger partial charge in [-0.1, -0.05) is 20.8 Å². The second-order valence-corrected chi connectivity index (χ2v) is 4.88. The molecule has 58 valence electrons. The van der Waals surface area contributed by atoms with Gasteiger partial charge in [0.1, 0.15) is 0 Å². The molecule has 2 fully saturated rings. The summed E-state index contributed by atoms with van der Waals surface area (Å²) >= 11 is 0. The highest BCUT2D eigenvalue weighted by molar-refractivity contribution is 4.99. The molecule has 3 atom stereocenters. The van der Waals surface area contributed by atoms with E-state index in [0.29, 0.717) is 5.41 Å². The van der Waals surface area contributed by atoms with Gasteiger partial charge in [0.25, 0.3) is 0 Å². The fourth-order valence-corrected chi connectivity index (χ4v) is 3.13. The van der Waals surface area contributed by atoms with Crippen molar-refractivity contribution < 1.29 is 0 Å². The first-order valence-electron chi connectivity index (χ1n) is 4.62. The van der Waals surface area contributed by atoms with Gasteiger partial charge in [0.15, 0.2) is 0 Å². The van der Waals surface area contributed by atoms with Crippen LogP contribution in [0.5, 0.6) is 0 Å². The highest BCUT2D eigenvalue weighted by Gasteiger charge is 2.50. The Bertz CT molecular complexity index is 142. The summed E-state index contributed by atoms with van der Waals surface area (Å²) in [4.78, 5) is 0. The van der Waals surface area contributed by atoms with Gasteiger partial charge in [-0.2, -0.15) is 0 Å². The van der Waals surface area contributed by atoms with Crippen LogP contribution in [-0.2, 0) is 0 Å². The Morgan fingerprint density at radius 3 is 2.20 bits per heavy atom. The van der Waals surface area contributed by atoms with Gasteiger partial charge in [0, 0.05) is 0 Å². The smallest absolute Gasteiger partial charge is 0.0297 e. The Hall–Kier alpha value is 0. The maximum Gasteiger partial charge on any atom is -0.0297 e. The van der Waals surface area contributed by atoms with Crippen LogP contribution in [0.4, 0.5) is 0 Å². The zero-order chi connectivity index (χ0) is 7.35. The van der Waals surface area contributed by atoms with Crippen molar-refractivity contribution in [3.8, 4) is 0 Å². The van der Waals surface area contributed by atoms with E-state index in [4.69, 9.17) is 0 Å². The average molecular weight is 138 g/mol. The van der Waals surface area contributed by atoms with Crippen LogP contribution in [0.3, 0.4) is 0 Å². The molecule has 0 nitrogen and oxygen atoms in total. The lowest BCUT2D eigenvalue weighted by Crippen LogP contribution is -2.28. The molecular weight excluding hydrogens is 120 g/mol. The third-order valence-corrected chi connectivity index (χ3v) is 4.41. The van der Waals surface area contributed by atoms with Gasteiger partial charge in [-0.05, 0) is 42.4 Å². The topological polar surface area (TPSA) is 0 Å². The fourth-order valence-electron chi connectivity index (χ4n) is 3.13. The molecule has 10 heavy (non-hydrogen) atoms. The summed E-state index contributed by atoms with van der Waals surface area (Å²) in [6.07, 6.45) is 4.57. The molecule has 0 aromatic rings. The van der Waals surface area contributed by atoms with Gasteiger partial charge in [-0.15, -0.1) is 0 Å². The highest BCUT2D eigenvalue weighted by Crippen LogP contribution is 2.58. The molecule has 2 aliphatic carbocycles. The number of fused-ring (bicyclic) bond motifs is 2. The van der Waals surface area contributed by atoms with E-state index < -0.39 is 0 Å². The molecule has 0 N–H and O–H groups in total. The minimum Gasteiger partial charge on any atom is -0.0617 e. The van der Waals surface area contributed by atoms with Crippen LogP contribution in [0.15, 0.2) is 0 Å². The van der Waals surface area contributed by atoms with Crippen LogP contribution < -0.4 is 0 Å². The third-order valence-electron chi connectivity index (χ3n) is 4.41. The Labute approximate surface area is 64.0 Å². The summed E-state index contributed by atoms with van der Waals surface area (Å²) < 4.78 is 0. The second-order valence-electron chi connectivity index (χ2n) is 4.88. The molecule has 0 unspecified atom stereocenters. The average Bonchev–Trinajstić information content (AvgIpc) is 2.37. The summed E-state index contributed by atoms with van der Waals surface area (Å²) in [5.74, 6) is 3.14. The molecule has 2 rings (SSSR count). The molecule has 0 heterocycles. The predicted molar refractivity (Wildman–Crippen MR) is 43.8 cm³/mol. The van der Waals surface area contributed by atoms with Crippen molar-refractivity contribution in [2.45, 2.75) is 40.0 Å². The first kappa shape index (κ1) is 6.69. The molecule has 0 aromatic heterocycles. The number of hydrogen-bond acceptors (Lipinski definition) is 0. The predicted octanol–water partition coefficient (Wildman–Crippen LogP) is 3.08. The molecule has 0 spiro atoms. The maximum atomic E-state index is 2.46. The largest absolute Gasteiger partial charge is 0.0617 e. The van der Waals surface area contributed by atoms with Crippen LogP contribution in [0, 0.1) is 23.2 Å². The highest BCUT2D eigenvalue weighted by atomic mass is 14.5. The number of hydrogen-bond donors (Lipinski definition) is 0. The van der Waals surface area contributed by atoms with Crippen molar-refractivity contribution in [3.05, 3.63) is 0 Å². The maximum absolute atomic E-state index is 2.46. The van der Waals surface area contributed by atoms with Gasteiger partial charge in [0.2, 0.25) is 0 Å². The Morgan fingerprint density at radius 1 is 1.20 bits per heavy atom. The molecule has 2 saturated carbocycles. The molecule has 2 bridgehead atoms. The minimum absolute atomic E-state index is 0.670. The van der Waals surface area contributed by atoms with Crippen molar-refractivity contribution in [1.29, 1.82) is 0 Å². The van der Waals surface area contributed by atoms with Gasteiger partial charge in [-0.3, -0.25) is 0 Å². The van der Waals surface area contributed by atoms with Crippen LogP contribution >= 0.6 is 0 Å². The summed E-state index contributed by atoms with van der Waals surface area (Å²) in [6, 6.07) is 0. The van der Waals surface area contributed by atoms with Gasteiger partial charge in [-0.25, -0.2) is 0 Å². The monoisotopic (exact) mass is 138 g/mol. The number of rotatable bonds is 0. The van der Waals surface area contributed by atoms with Gasteiger partial charge in [0.05, 0.1) is 0 Å². The zero-order valence-corrected chi connectivity index (χ0v) is 7.35. The van der Waals surface area contributed by atoms with Gasteiger partial charge < -0.3 is 0 Å². The lowest BCUT2D eigenvalue weighted by atomic mass is 9.70. The Morgan fingerprint density at radius 2 is 1.90 bits per heavy atom. The molecule has 0 aromatic carbocycles. The van der Waals surface area contributed by atoms with E-state index in [1.807, 2.05) is 0 Å². The second kappa shape index (κ2) is 1.78. The van der Waals surface area contributed by atoms with Crippen LogP contribution in [-0.4, -0.2) is 0 Å². The quantitative estimate of drug-likeness (QED) is 0.482. The lowest BCUT2D eigenvalue weighted by Gasteiger charge is -2.35. The zero-order valence-electron chi connectivity index (χ0n) is 7.35. The van der Waals surface area contributed by atoms with E-state index in [2.05, 4.69) is 20.8 Å². The van der Waals surface area contributed by atoms with E-state index >= 15 is 0 Å². The van der Waals surface area contributed by atoms with E-state index in [9.17, 15) is 0 Å². The molecule has 0 heteroatoms. The van der Waals surface area contributed by atoms with E-state index in [0.717, 1.165) is 17.8 Å². The summed E-state index contributed by atoms with van der Waals surface area (Å²) in [7, 11) is 0. The van der Waals surface area contributed by atoms with E-state index in [-0.39, 0.29) is 0 Å². The molecule has 0 saturated heterocycles. The van der Waals surface area contributed by atoms with Crippen molar-refractivity contribution >= 4 is 0 Å². The minimum atomic E-state index is 0.670. The normalized spacial score (nSPS) is 50.1. The van der Waals surface area contributed by atoms with Crippen molar-refractivity contribution in [3.63, 3.8) is 0 Å². The standard InChI is InChI=1S/C10H18/c1-7-8-4-5-9(6-8)10(7,2)3/h7-9H,4-6H2,1-3H3/t7-,8+,9+/m0/s1.